The molecule has 9 nitrogen and oxygen atoms in total. The SMILES string of the molecule is C=CCn1c(=O)c2cnc(Nc3ccc(N4CCNCC4)cc3)nc2n1C1CC=C2CCCC(C)C2=N1. The number of hydrogen-bond donors (Lipinski definition) is 2. The number of nitrogens with one attached hydrogen (secondary N) is 2. The van der Waals surface area contributed by atoms with Crippen molar-refractivity contribution >= 4 is 34.1 Å². The standard InChI is InChI=1S/C28H34N8O/c1-3-15-35-27(37)23-18-30-28(31-21-8-10-22(11-9-21)34-16-13-29-14-17-34)33-26(23)36(35)24-12-7-20-6-4-5-19(2)25(20)32-24/h3,7-11,18-19,24,29H,1,4-6,12-17H2,2H3,(H,30,31,33). The molecule has 3 aromatic rings. The van der Waals surface area contributed by atoms with E-state index in [1.165, 1.54) is 23.4 Å². The molecule has 6 rings (SSSR count). The Morgan fingerprint density at radius 1 is 1.22 bits per heavy atom. The van der Waals surface area contributed by atoms with Crippen LogP contribution < -0.4 is 21.1 Å². The van der Waals surface area contributed by atoms with Crippen molar-refractivity contribution in [1.29, 1.82) is 0 Å². The highest BCUT2D eigenvalue weighted by Crippen LogP contribution is 2.34. The quantitative estimate of drug-likeness (QED) is 0.499. The molecule has 2 unspecified atom stereocenters. The van der Waals surface area contributed by atoms with Crippen molar-refractivity contribution in [3.8, 4) is 0 Å². The number of dihydropyridines is 1. The number of fused-ring (bicyclic) bond motifs is 2. The molecule has 9 heteroatoms. The van der Waals surface area contributed by atoms with Gasteiger partial charge in [-0.25, -0.2) is 14.3 Å². The summed E-state index contributed by atoms with van der Waals surface area (Å²) >= 11 is 0. The van der Waals surface area contributed by atoms with Gasteiger partial charge in [-0.3, -0.25) is 9.79 Å². The van der Waals surface area contributed by atoms with E-state index in [0.717, 1.165) is 51.1 Å². The minimum atomic E-state index is -0.217. The molecule has 1 aliphatic carbocycles. The maximum Gasteiger partial charge on any atom is 0.278 e. The van der Waals surface area contributed by atoms with Gasteiger partial charge in [0.15, 0.2) is 5.65 Å². The average Bonchev–Trinajstić information content (AvgIpc) is 3.20. The van der Waals surface area contributed by atoms with Crippen LogP contribution >= 0.6 is 0 Å². The Kier molecular flexibility index (Phi) is 6.38. The summed E-state index contributed by atoms with van der Waals surface area (Å²) in [4.78, 5) is 30.1. The van der Waals surface area contributed by atoms with Gasteiger partial charge in [0.2, 0.25) is 5.95 Å². The van der Waals surface area contributed by atoms with Gasteiger partial charge >= 0.3 is 0 Å². The number of hydrogen-bond acceptors (Lipinski definition) is 7. The van der Waals surface area contributed by atoms with Crippen molar-refractivity contribution in [1.82, 2.24) is 24.6 Å². The molecule has 2 fully saturated rings. The molecule has 0 radical (unpaired) electrons. The van der Waals surface area contributed by atoms with Gasteiger partial charge < -0.3 is 15.5 Å². The largest absolute Gasteiger partial charge is 0.369 e. The number of allylic oxidation sites excluding steroid dienone is 2. The van der Waals surface area contributed by atoms with Crippen LogP contribution in [0.4, 0.5) is 17.3 Å². The highest BCUT2D eigenvalue weighted by Gasteiger charge is 2.28. The Balaban J connectivity index is 1.33. The molecule has 1 aromatic carbocycles. The summed E-state index contributed by atoms with van der Waals surface area (Å²) in [5.74, 6) is 0.887. The molecule has 1 saturated heterocycles. The van der Waals surface area contributed by atoms with Crippen LogP contribution in [0.3, 0.4) is 0 Å². The summed E-state index contributed by atoms with van der Waals surface area (Å²) in [6.07, 6.45) is 9.64. The highest BCUT2D eigenvalue weighted by molar-refractivity contribution is 6.02. The van der Waals surface area contributed by atoms with Crippen molar-refractivity contribution in [3.63, 3.8) is 0 Å². The van der Waals surface area contributed by atoms with E-state index in [0.29, 0.717) is 29.4 Å². The first kappa shape index (κ1) is 23.7. The van der Waals surface area contributed by atoms with Crippen LogP contribution in [0.2, 0.25) is 0 Å². The number of aromatic nitrogens is 4. The van der Waals surface area contributed by atoms with Crippen LogP contribution in [0.15, 0.2) is 64.6 Å². The molecule has 37 heavy (non-hydrogen) atoms. The Morgan fingerprint density at radius 2 is 2.03 bits per heavy atom. The van der Waals surface area contributed by atoms with Gasteiger partial charge in [-0.05, 0) is 55.0 Å². The summed E-state index contributed by atoms with van der Waals surface area (Å²) in [5.41, 5.74) is 5.13. The number of benzene rings is 1. The van der Waals surface area contributed by atoms with E-state index in [4.69, 9.17) is 9.98 Å². The summed E-state index contributed by atoms with van der Waals surface area (Å²) in [6.45, 7) is 10.5. The summed E-state index contributed by atoms with van der Waals surface area (Å²) in [7, 11) is 0. The van der Waals surface area contributed by atoms with Gasteiger partial charge in [0, 0.05) is 55.9 Å². The van der Waals surface area contributed by atoms with E-state index in [1.807, 2.05) is 16.8 Å². The van der Waals surface area contributed by atoms with Crippen molar-refractivity contribution in [2.45, 2.75) is 45.3 Å². The topological polar surface area (TPSA) is 92.4 Å². The predicted molar refractivity (Wildman–Crippen MR) is 149 cm³/mol. The molecule has 2 aliphatic heterocycles. The lowest BCUT2D eigenvalue weighted by Gasteiger charge is -2.30. The second-order valence-electron chi connectivity index (χ2n) is 10.1. The van der Waals surface area contributed by atoms with E-state index in [2.05, 4.69) is 52.2 Å². The summed E-state index contributed by atoms with van der Waals surface area (Å²) < 4.78 is 3.64. The fourth-order valence-electron chi connectivity index (χ4n) is 5.72. The lowest BCUT2D eigenvalue weighted by molar-refractivity contribution is 0.394. The normalized spacial score (nSPS) is 21.8. The molecule has 2 aromatic heterocycles. The third-order valence-electron chi connectivity index (χ3n) is 7.64. The molecule has 0 amide bonds. The maximum atomic E-state index is 13.3. The monoisotopic (exact) mass is 498 g/mol. The molecular formula is C28H34N8O. The zero-order valence-electron chi connectivity index (χ0n) is 21.4. The van der Waals surface area contributed by atoms with Crippen LogP contribution in [-0.4, -0.2) is 51.2 Å². The van der Waals surface area contributed by atoms with Crippen LogP contribution in [0.1, 0.15) is 38.8 Å². The van der Waals surface area contributed by atoms with Gasteiger partial charge in [0.1, 0.15) is 11.6 Å². The second kappa shape index (κ2) is 9.97. The molecular weight excluding hydrogens is 464 g/mol. The summed E-state index contributed by atoms with van der Waals surface area (Å²) in [6, 6.07) is 8.34. The maximum absolute atomic E-state index is 13.3. The van der Waals surface area contributed by atoms with Crippen LogP contribution in [0, 0.1) is 5.92 Å². The molecule has 2 atom stereocenters. The zero-order valence-corrected chi connectivity index (χ0v) is 21.4. The minimum absolute atomic E-state index is 0.117. The first-order chi connectivity index (χ1) is 18.1. The molecule has 0 spiro atoms. The molecule has 192 valence electrons. The zero-order chi connectivity index (χ0) is 25.4. The fraction of sp³-hybridized carbons (Fsp3) is 0.429. The Bertz CT molecular complexity index is 1420. The first-order valence-corrected chi connectivity index (χ1v) is 13.3. The highest BCUT2D eigenvalue weighted by atomic mass is 16.1. The Labute approximate surface area is 216 Å². The van der Waals surface area contributed by atoms with Crippen molar-refractivity contribution < 1.29 is 0 Å². The number of anilines is 3. The van der Waals surface area contributed by atoms with Gasteiger partial charge in [0.05, 0.1) is 6.54 Å². The van der Waals surface area contributed by atoms with E-state index in [9.17, 15) is 4.79 Å². The third-order valence-corrected chi connectivity index (χ3v) is 7.64. The Hall–Kier alpha value is -3.72. The number of nitrogens with zero attached hydrogens (tertiary/aromatic N) is 6. The van der Waals surface area contributed by atoms with E-state index < -0.39 is 0 Å². The van der Waals surface area contributed by atoms with Gasteiger partial charge in [-0.2, -0.15) is 4.98 Å². The van der Waals surface area contributed by atoms with Crippen molar-refractivity contribution in [2.75, 3.05) is 36.4 Å². The minimum Gasteiger partial charge on any atom is -0.369 e. The molecule has 1 saturated carbocycles. The number of aliphatic imine (C=N–C) groups is 1. The predicted octanol–water partition coefficient (Wildman–Crippen LogP) is 4.02. The molecule has 4 heterocycles. The Morgan fingerprint density at radius 3 is 2.81 bits per heavy atom. The fourth-order valence-corrected chi connectivity index (χ4v) is 5.72. The number of rotatable bonds is 6. The lowest BCUT2D eigenvalue weighted by atomic mass is 9.83. The van der Waals surface area contributed by atoms with Gasteiger partial charge in [0.25, 0.3) is 5.56 Å². The first-order valence-electron chi connectivity index (χ1n) is 13.3. The third kappa shape index (κ3) is 4.48. The van der Waals surface area contributed by atoms with Gasteiger partial charge in [-0.15, -0.1) is 6.58 Å². The summed E-state index contributed by atoms with van der Waals surface area (Å²) in [5, 5.41) is 7.20. The smallest absolute Gasteiger partial charge is 0.278 e. The van der Waals surface area contributed by atoms with Crippen LogP contribution in [0.25, 0.3) is 11.0 Å². The van der Waals surface area contributed by atoms with E-state index in [1.54, 1.807) is 17.0 Å². The molecule has 2 N–H and O–H groups in total. The lowest BCUT2D eigenvalue weighted by Crippen LogP contribution is -2.43. The van der Waals surface area contributed by atoms with E-state index >= 15 is 0 Å². The van der Waals surface area contributed by atoms with Crippen molar-refractivity contribution in [3.05, 3.63) is 65.1 Å². The number of piperazine rings is 1. The van der Waals surface area contributed by atoms with Gasteiger partial charge in [-0.1, -0.05) is 19.1 Å². The molecule has 0 bridgehead atoms. The van der Waals surface area contributed by atoms with E-state index in [-0.39, 0.29) is 11.7 Å². The molecule has 3 aliphatic rings. The van der Waals surface area contributed by atoms with Crippen LogP contribution in [0.5, 0.6) is 0 Å². The average molecular weight is 499 g/mol. The van der Waals surface area contributed by atoms with Crippen molar-refractivity contribution in [2.24, 2.45) is 10.9 Å². The van der Waals surface area contributed by atoms with Crippen LogP contribution in [-0.2, 0) is 6.54 Å². The second-order valence-corrected chi connectivity index (χ2v) is 10.1.